The molecule has 3 nitrogen and oxygen atoms in total. The zero-order valence-corrected chi connectivity index (χ0v) is 10.2. The van der Waals surface area contributed by atoms with E-state index in [4.69, 9.17) is 5.41 Å². The van der Waals surface area contributed by atoms with Gasteiger partial charge in [-0.3, -0.25) is 10.4 Å². The maximum atomic E-state index is 13.5. The molecule has 0 aliphatic carbocycles. The van der Waals surface area contributed by atoms with Crippen LogP contribution in [0.4, 0.5) is 8.78 Å². The molecule has 0 unspecified atom stereocenters. The molecule has 0 aliphatic rings. The highest BCUT2D eigenvalue weighted by Gasteiger charge is 2.08. The number of nitrogens with one attached hydrogen (secondary N) is 1. The van der Waals surface area contributed by atoms with Crippen molar-refractivity contribution in [3.05, 3.63) is 65.5 Å². The largest absolute Gasteiger partial charge is 0.281 e. The molecule has 0 spiro atoms. The van der Waals surface area contributed by atoms with Crippen molar-refractivity contribution < 1.29 is 8.78 Å². The summed E-state index contributed by atoms with van der Waals surface area (Å²) in [4.78, 5) is 7.92. The van der Waals surface area contributed by atoms with Crippen molar-refractivity contribution in [2.24, 2.45) is 4.99 Å². The van der Waals surface area contributed by atoms with Crippen LogP contribution in [0.1, 0.15) is 18.2 Å². The van der Waals surface area contributed by atoms with E-state index in [9.17, 15) is 8.78 Å². The summed E-state index contributed by atoms with van der Waals surface area (Å²) in [6.45, 7) is 1.52. The van der Waals surface area contributed by atoms with Gasteiger partial charge in [-0.25, -0.2) is 13.8 Å². The number of pyridine rings is 1. The van der Waals surface area contributed by atoms with Crippen LogP contribution in [0, 0.1) is 17.0 Å². The van der Waals surface area contributed by atoms with Crippen LogP contribution in [-0.2, 0) is 0 Å². The molecule has 0 saturated heterocycles. The quantitative estimate of drug-likeness (QED) is 0.653. The average molecular weight is 259 g/mol. The lowest BCUT2D eigenvalue weighted by molar-refractivity contribution is 0.598. The van der Waals surface area contributed by atoms with Crippen molar-refractivity contribution >= 4 is 11.5 Å². The molecule has 1 aromatic heterocycles. The van der Waals surface area contributed by atoms with Gasteiger partial charge in [0, 0.05) is 11.8 Å². The van der Waals surface area contributed by atoms with E-state index in [-0.39, 0.29) is 17.1 Å². The Hall–Kier alpha value is -2.43. The zero-order valence-electron chi connectivity index (χ0n) is 10.2. The summed E-state index contributed by atoms with van der Waals surface area (Å²) < 4.78 is 26.6. The zero-order chi connectivity index (χ0) is 13.8. The van der Waals surface area contributed by atoms with Crippen molar-refractivity contribution in [1.29, 1.82) is 5.41 Å². The van der Waals surface area contributed by atoms with Crippen LogP contribution >= 0.6 is 0 Å². The van der Waals surface area contributed by atoms with Gasteiger partial charge in [-0.1, -0.05) is 6.07 Å². The van der Waals surface area contributed by atoms with Gasteiger partial charge in [0.15, 0.2) is 5.84 Å². The molecule has 1 aromatic carbocycles. The van der Waals surface area contributed by atoms with Crippen LogP contribution in [0.15, 0.2) is 47.6 Å². The standard InChI is InChI=1S/C14H11F2N3/c1-9(11-8-10(15)5-6-12(11)16)19-14(17)13-4-2-3-7-18-13/h2-8,17H,1H3. The molecule has 96 valence electrons. The minimum Gasteiger partial charge on any atom is -0.281 e. The highest BCUT2D eigenvalue weighted by atomic mass is 19.1. The number of aromatic nitrogens is 1. The molecule has 0 fully saturated rings. The number of amidine groups is 1. The van der Waals surface area contributed by atoms with E-state index < -0.39 is 11.6 Å². The van der Waals surface area contributed by atoms with Crippen LogP contribution in [0.25, 0.3) is 0 Å². The second kappa shape index (κ2) is 5.48. The van der Waals surface area contributed by atoms with E-state index in [1.165, 1.54) is 13.1 Å². The Morgan fingerprint density at radius 2 is 2.00 bits per heavy atom. The Balaban J connectivity index is 2.33. The monoisotopic (exact) mass is 259 g/mol. The summed E-state index contributed by atoms with van der Waals surface area (Å²) in [6, 6.07) is 8.20. The highest BCUT2D eigenvalue weighted by Crippen LogP contribution is 2.11. The third-order valence-electron chi connectivity index (χ3n) is 2.51. The van der Waals surface area contributed by atoms with E-state index in [1.54, 1.807) is 18.2 Å². The van der Waals surface area contributed by atoms with Crippen LogP contribution in [0.5, 0.6) is 0 Å². The molecule has 1 N–H and O–H groups in total. The topological polar surface area (TPSA) is 49.1 Å². The maximum Gasteiger partial charge on any atom is 0.170 e. The fourth-order valence-electron chi connectivity index (χ4n) is 1.56. The fourth-order valence-corrected chi connectivity index (χ4v) is 1.56. The summed E-state index contributed by atoms with van der Waals surface area (Å²) >= 11 is 0. The van der Waals surface area contributed by atoms with Gasteiger partial charge in [0.05, 0.1) is 5.71 Å². The van der Waals surface area contributed by atoms with Crippen LogP contribution < -0.4 is 0 Å². The summed E-state index contributed by atoms with van der Waals surface area (Å²) in [5.74, 6) is -1.21. The van der Waals surface area contributed by atoms with Crippen LogP contribution in [-0.4, -0.2) is 16.5 Å². The third-order valence-corrected chi connectivity index (χ3v) is 2.51. The number of aliphatic imine (C=N–C) groups is 1. The molecule has 0 amide bonds. The minimum atomic E-state index is -0.573. The van der Waals surface area contributed by atoms with Gasteiger partial charge in [0.1, 0.15) is 17.3 Å². The molecule has 19 heavy (non-hydrogen) atoms. The van der Waals surface area contributed by atoms with Crippen molar-refractivity contribution in [3.63, 3.8) is 0 Å². The molecule has 0 atom stereocenters. The van der Waals surface area contributed by atoms with Gasteiger partial charge >= 0.3 is 0 Å². The molecular weight excluding hydrogens is 248 g/mol. The predicted molar refractivity (Wildman–Crippen MR) is 69.6 cm³/mol. The molecule has 5 heteroatoms. The molecule has 0 aliphatic heterocycles. The summed E-state index contributed by atoms with van der Waals surface area (Å²) in [5, 5.41) is 7.77. The van der Waals surface area contributed by atoms with E-state index in [0.717, 1.165) is 18.2 Å². The van der Waals surface area contributed by atoms with Crippen molar-refractivity contribution in [1.82, 2.24) is 4.98 Å². The first-order valence-corrected chi connectivity index (χ1v) is 5.58. The lowest BCUT2D eigenvalue weighted by atomic mass is 10.1. The predicted octanol–water partition coefficient (Wildman–Crippen LogP) is 3.19. The van der Waals surface area contributed by atoms with Gasteiger partial charge in [0.2, 0.25) is 0 Å². The summed E-state index contributed by atoms with van der Waals surface area (Å²) in [6.07, 6.45) is 1.54. The Bertz CT molecular complexity index is 636. The van der Waals surface area contributed by atoms with E-state index >= 15 is 0 Å². The lowest BCUT2D eigenvalue weighted by Crippen LogP contribution is -2.06. The first kappa shape index (κ1) is 13.0. The Labute approximate surface area is 109 Å². The highest BCUT2D eigenvalue weighted by molar-refractivity contribution is 6.09. The molecule has 0 radical (unpaired) electrons. The first-order valence-electron chi connectivity index (χ1n) is 5.58. The first-order chi connectivity index (χ1) is 9.08. The Morgan fingerprint density at radius 3 is 2.68 bits per heavy atom. The number of rotatable bonds is 2. The number of halogens is 2. The van der Waals surface area contributed by atoms with E-state index in [1.807, 2.05) is 0 Å². The SMILES string of the molecule is CC(=NC(=N)c1ccccn1)c1cc(F)ccc1F. The van der Waals surface area contributed by atoms with Crippen molar-refractivity contribution in [3.8, 4) is 0 Å². The molecule has 2 rings (SSSR count). The molecule has 0 saturated carbocycles. The molecule has 2 aromatic rings. The Kier molecular flexibility index (Phi) is 3.75. The van der Waals surface area contributed by atoms with Gasteiger partial charge in [-0.05, 0) is 37.3 Å². The Morgan fingerprint density at radius 1 is 1.21 bits per heavy atom. The normalized spacial score (nSPS) is 11.4. The molecular formula is C14H11F2N3. The number of hydrogen-bond acceptors (Lipinski definition) is 2. The minimum absolute atomic E-state index is 0.0423. The van der Waals surface area contributed by atoms with Gasteiger partial charge in [0.25, 0.3) is 0 Å². The fraction of sp³-hybridized carbons (Fsp3) is 0.0714. The third kappa shape index (κ3) is 3.07. The van der Waals surface area contributed by atoms with Gasteiger partial charge in [-0.15, -0.1) is 0 Å². The van der Waals surface area contributed by atoms with Crippen LogP contribution in [0.2, 0.25) is 0 Å². The molecule has 1 heterocycles. The summed E-state index contributed by atoms with van der Waals surface area (Å²) in [7, 11) is 0. The van der Waals surface area contributed by atoms with Crippen molar-refractivity contribution in [2.45, 2.75) is 6.92 Å². The van der Waals surface area contributed by atoms with E-state index in [2.05, 4.69) is 9.98 Å². The molecule has 0 bridgehead atoms. The van der Waals surface area contributed by atoms with Gasteiger partial charge < -0.3 is 0 Å². The average Bonchev–Trinajstić information content (AvgIpc) is 2.42. The number of nitrogens with zero attached hydrogens (tertiary/aromatic N) is 2. The summed E-state index contributed by atoms with van der Waals surface area (Å²) in [5.41, 5.74) is 0.645. The smallest absolute Gasteiger partial charge is 0.170 e. The van der Waals surface area contributed by atoms with E-state index in [0.29, 0.717) is 5.69 Å². The van der Waals surface area contributed by atoms with Gasteiger partial charge in [-0.2, -0.15) is 0 Å². The number of benzene rings is 1. The van der Waals surface area contributed by atoms with Crippen molar-refractivity contribution in [2.75, 3.05) is 0 Å². The maximum absolute atomic E-state index is 13.5. The second-order valence-electron chi connectivity index (χ2n) is 3.88. The lowest BCUT2D eigenvalue weighted by Gasteiger charge is -2.04. The van der Waals surface area contributed by atoms with Crippen LogP contribution in [0.3, 0.4) is 0 Å². The second-order valence-corrected chi connectivity index (χ2v) is 3.88. The number of hydrogen-bond donors (Lipinski definition) is 1.